The third kappa shape index (κ3) is 2.71. The Balaban J connectivity index is 1.86. The molecule has 1 aromatic carbocycles. The molecule has 1 fully saturated rings. The van der Waals surface area contributed by atoms with E-state index in [0.29, 0.717) is 29.4 Å². The van der Waals surface area contributed by atoms with Crippen molar-refractivity contribution in [2.45, 2.75) is 0 Å². The van der Waals surface area contributed by atoms with Crippen molar-refractivity contribution < 1.29 is 9.15 Å². The molecule has 3 heterocycles. The van der Waals surface area contributed by atoms with Crippen molar-refractivity contribution in [2.24, 2.45) is 0 Å². The molecule has 0 N–H and O–H groups in total. The predicted octanol–water partition coefficient (Wildman–Crippen LogP) is 4.12. The average Bonchev–Trinajstić information content (AvgIpc) is 2.94. The summed E-state index contributed by atoms with van der Waals surface area (Å²) in [4.78, 5) is 15.6. The highest BCUT2D eigenvalue weighted by molar-refractivity contribution is 9.10. The Morgan fingerprint density at radius 3 is 2.61 bits per heavy atom. The van der Waals surface area contributed by atoms with E-state index in [0.717, 1.165) is 28.0 Å². The van der Waals surface area contributed by atoms with Crippen molar-refractivity contribution in [1.82, 2.24) is 0 Å². The average molecular weight is 392 g/mol. The Morgan fingerprint density at radius 2 is 1.87 bits per heavy atom. The maximum atomic E-state index is 12.5. The molecule has 3 aromatic rings. The molecule has 0 aliphatic carbocycles. The molecule has 0 unspecified atom stereocenters. The number of thiophene rings is 1. The summed E-state index contributed by atoms with van der Waals surface area (Å²) in [5, 5.41) is 0. The van der Waals surface area contributed by atoms with Crippen molar-refractivity contribution in [3.63, 3.8) is 0 Å². The lowest BCUT2D eigenvalue weighted by Gasteiger charge is -2.26. The fourth-order valence-corrected chi connectivity index (χ4v) is 4.59. The zero-order valence-corrected chi connectivity index (χ0v) is 14.7. The molecule has 0 radical (unpaired) electrons. The van der Waals surface area contributed by atoms with Gasteiger partial charge in [-0.1, -0.05) is 30.3 Å². The first-order chi connectivity index (χ1) is 11.2. The summed E-state index contributed by atoms with van der Waals surface area (Å²) in [7, 11) is 0. The number of rotatable bonds is 2. The molecule has 1 aliphatic rings. The van der Waals surface area contributed by atoms with E-state index in [4.69, 9.17) is 9.15 Å². The minimum Gasteiger partial charge on any atom is -0.438 e. The van der Waals surface area contributed by atoms with Gasteiger partial charge in [-0.2, -0.15) is 0 Å². The second-order valence-electron chi connectivity index (χ2n) is 5.32. The van der Waals surface area contributed by atoms with Crippen LogP contribution in [0, 0.1) is 0 Å². The van der Waals surface area contributed by atoms with E-state index in [9.17, 15) is 4.79 Å². The molecule has 1 aliphatic heterocycles. The monoisotopic (exact) mass is 391 g/mol. The fraction of sp³-hybridized carbons (Fsp3) is 0.235. The lowest BCUT2D eigenvalue weighted by atomic mass is 10.2. The van der Waals surface area contributed by atoms with Gasteiger partial charge in [-0.05, 0) is 21.5 Å². The smallest absolute Gasteiger partial charge is 0.204 e. The van der Waals surface area contributed by atoms with Gasteiger partial charge in [0, 0.05) is 19.2 Å². The zero-order chi connectivity index (χ0) is 15.8. The molecule has 0 bridgehead atoms. The Morgan fingerprint density at radius 1 is 1.13 bits per heavy atom. The normalized spacial score (nSPS) is 15.3. The van der Waals surface area contributed by atoms with Gasteiger partial charge >= 0.3 is 0 Å². The standard InChI is InChI=1S/C17H14BrNO3S/c18-14-15-17(23-16(14)11-4-2-1-3-5-11)12(20)10-13(22-15)19-6-8-21-9-7-19/h1-5,10H,6-9H2. The van der Waals surface area contributed by atoms with Crippen LogP contribution in [0.5, 0.6) is 0 Å². The van der Waals surface area contributed by atoms with Crippen molar-refractivity contribution in [2.75, 3.05) is 31.2 Å². The summed E-state index contributed by atoms with van der Waals surface area (Å²) in [5.74, 6) is 0.615. The second-order valence-corrected chi connectivity index (χ2v) is 7.13. The van der Waals surface area contributed by atoms with Crippen molar-refractivity contribution in [1.29, 1.82) is 0 Å². The number of fused-ring (bicyclic) bond motifs is 1. The van der Waals surface area contributed by atoms with Gasteiger partial charge in [0.15, 0.2) is 11.5 Å². The lowest BCUT2D eigenvalue weighted by molar-refractivity contribution is 0.121. The van der Waals surface area contributed by atoms with Gasteiger partial charge in [0.25, 0.3) is 0 Å². The molecule has 0 spiro atoms. The first kappa shape index (κ1) is 14.9. The van der Waals surface area contributed by atoms with Gasteiger partial charge in [-0.3, -0.25) is 4.79 Å². The van der Waals surface area contributed by atoms with E-state index in [1.54, 1.807) is 6.07 Å². The van der Waals surface area contributed by atoms with E-state index < -0.39 is 0 Å². The van der Waals surface area contributed by atoms with Crippen LogP contribution in [0.4, 0.5) is 5.88 Å². The van der Waals surface area contributed by atoms with E-state index in [1.807, 2.05) is 30.3 Å². The van der Waals surface area contributed by atoms with Crippen LogP contribution in [0.15, 0.2) is 50.1 Å². The minimum absolute atomic E-state index is 0.000577. The second kappa shape index (κ2) is 6.11. The van der Waals surface area contributed by atoms with E-state index in [1.165, 1.54) is 11.3 Å². The van der Waals surface area contributed by atoms with Crippen LogP contribution in [0.1, 0.15) is 0 Å². The highest BCUT2D eigenvalue weighted by atomic mass is 79.9. The number of anilines is 1. The Kier molecular flexibility index (Phi) is 3.97. The molecule has 4 nitrogen and oxygen atoms in total. The summed E-state index contributed by atoms with van der Waals surface area (Å²) in [6.45, 7) is 2.78. The van der Waals surface area contributed by atoms with Crippen molar-refractivity contribution in [3.8, 4) is 10.4 Å². The van der Waals surface area contributed by atoms with Gasteiger partial charge in [-0.15, -0.1) is 11.3 Å². The van der Waals surface area contributed by atoms with Gasteiger partial charge in [0.1, 0.15) is 4.70 Å². The summed E-state index contributed by atoms with van der Waals surface area (Å²) in [6.07, 6.45) is 0. The molecule has 23 heavy (non-hydrogen) atoms. The SMILES string of the molecule is O=c1cc(N2CCOCC2)oc2c(Br)c(-c3ccccc3)sc12. The zero-order valence-electron chi connectivity index (χ0n) is 12.3. The molecule has 1 saturated heterocycles. The number of benzene rings is 1. The highest BCUT2D eigenvalue weighted by Gasteiger charge is 2.20. The molecule has 4 rings (SSSR count). The maximum Gasteiger partial charge on any atom is 0.204 e. The first-order valence-electron chi connectivity index (χ1n) is 7.38. The maximum absolute atomic E-state index is 12.5. The number of hydrogen-bond donors (Lipinski definition) is 0. The summed E-state index contributed by atoms with van der Waals surface area (Å²) < 4.78 is 12.9. The molecule has 0 saturated carbocycles. The fourth-order valence-electron chi connectivity index (χ4n) is 2.68. The number of nitrogens with zero attached hydrogens (tertiary/aromatic N) is 1. The van der Waals surface area contributed by atoms with Gasteiger partial charge in [0.05, 0.1) is 22.6 Å². The largest absolute Gasteiger partial charge is 0.438 e. The summed E-state index contributed by atoms with van der Waals surface area (Å²) in [6, 6.07) is 11.6. The topological polar surface area (TPSA) is 42.7 Å². The predicted molar refractivity (Wildman–Crippen MR) is 96.5 cm³/mol. The van der Waals surface area contributed by atoms with Crippen molar-refractivity contribution in [3.05, 3.63) is 51.1 Å². The van der Waals surface area contributed by atoms with Crippen LogP contribution in [-0.4, -0.2) is 26.3 Å². The Bertz CT molecular complexity index is 897. The van der Waals surface area contributed by atoms with Crippen LogP contribution in [0.3, 0.4) is 0 Å². The molecule has 0 atom stereocenters. The summed E-state index contributed by atoms with van der Waals surface area (Å²) >= 11 is 5.08. The third-order valence-electron chi connectivity index (χ3n) is 3.85. The number of morpholine rings is 1. The first-order valence-corrected chi connectivity index (χ1v) is 8.99. The summed E-state index contributed by atoms with van der Waals surface area (Å²) in [5.41, 5.74) is 1.70. The van der Waals surface area contributed by atoms with Crippen LogP contribution < -0.4 is 10.3 Å². The van der Waals surface area contributed by atoms with Gasteiger partial charge in [0.2, 0.25) is 5.43 Å². The Hall–Kier alpha value is -1.63. The minimum atomic E-state index is 0.000577. The highest BCUT2D eigenvalue weighted by Crippen LogP contribution is 2.41. The van der Waals surface area contributed by atoms with Crippen LogP contribution in [-0.2, 0) is 4.74 Å². The number of hydrogen-bond acceptors (Lipinski definition) is 5. The van der Waals surface area contributed by atoms with E-state index in [-0.39, 0.29) is 5.43 Å². The van der Waals surface area contributed by atoms with Gasteiger partial charge < -0.3 is 14.1 Å². The third-order valence-corrected chi connectivity index (χ3v) is 6.11. The van der Waals surface area contributed by atoms with Crippen molar-refractivity contribution >= 4 is 43.4 Å². The lowest BCUT2D eigenvalue weighted by Crippen LogP contribution is -2.36. The number of halogens is 1. The number of ether oxygens (including phenoxy) is 1. The molecular formula is C17H14BrNO3S. The molecule has 118 valence electrons. The quantitative estimate of drug-likeness (QED) is 0.658. The van der Waals surface area contributed by atoms with Crippen LogP contribution in [0.2, 0.25) is 0 Å². The van der Waals surface area contributed by atoms with Gasteiger partial charge in [-0.25, -0.2) is 0 Å². The van der Waals surface area contributed by atoms with E-state index in [2.05, 4.69) is 20.8 Å². The van der Waals surface area contributed by atoms with E-state index >= 15 is 0 Å². The molecule has 6 heteroatoms. The van der Waals surface area contributed by atoms with Crippen LogP contribution in [0.25, 0.3) is 20.7 Å². The molecular weight excluding hydrogens is 378 g/mol. The molecule has 0 amide bonds. The Labute approximate surface area is 145 Å². The van der Waals surface area contributed by atoms with Crippen LogP contribution >= 0.6 is 27.3 Å². The molecule has 2 aromatic heterocycles.